The second kappa shape index (κ2) is 24.3. The Morgan fingerprint density at radius 1 is 0.982 bits per heavy atom. The van der Waals surface area contributed by atoms with E-state index in [1.807, 2.05) is 53.7 Å². The lowest BCUT2D eigenvalue weighted by Crippen LogP contribution is -2.47. The van der Waals surface area contributed by atoms with E-state index in [1.54, 1.807) is 62.4 Å². The Hall–Kier alpha value is -4.46. The molecule has 1 aromatic rings. The van der Waals surface area contributed by atoms with Crippen molar-refractivity contribution in [2.24, 2.45) is 46.5 Å². The van der Waals surface area contributed by atoms with Crippen LogP contribution in [-0.2, 0) is 14.3 Å². The normalized spacial score (nSPS) is 23.5. The molecule has 1 saturated heterocycles. The lowest BCUT2D eigenvalue weighted by Gasteiger charge is -2.36. The van der Waals surface area contributed by atoms with Crippen LogP contribution in [-0.4, -0.2) is 88.1 Å². The van der Waals surface area contributed by atoms with Crippen LogP contribution in [0, 0.1) is 41.4 Å². The number of cyclic esters (lactones) is 1. The first-order valence-electron chi connectivity index (χ1n) is 19.9. The van der Waals surface area contributed by atoms with Gasteiger partial charge in [0.25, 0.3) is 5.91 Å². The number of rotatable bonds is 22. The largest absolute Gasteiger partial charge is 0.462 e. The number of ether oxygens (including phenoxy) is 2. The second-order valence-electron chi connectivity index (χ2n) is 15.7. The summed E-state index contributed by atoms with van der Waals surface area (Å²) in [6.07, 6.45) is 6.44. The number of carbonyl (C=O) groups excluding carboxylic acids is 3. The van der Waals surface area contributed by atoms with E-state index in [0.29, 0.717) is 30.6 Å². The first-order chi connectivity index (χ1) is 26.9. The maximum absolute atomic E-state index is 12.9. The average molecular weight is 796 g/mol. The number of alkyl carbamates (subject to hydrolysis) is 1. The van der Waals surface area contributed by atoms with Crippen molar-refractivity contribution in [2.75, 3.05) is 13.1 Å². The number of hydrogen-bond acceptors (Lipinski definition) is 10. The van der Waals surface area contributed by atoms with Gasteiger partial charge in [-0.1, -0.05) is 107 Å². The molecule has 2 rings (SSSR count). The van der Waals surface area contributed by atoms with E-state index in [9.17, 15) is 34.8 Å². The molecule has 0 spiro atoms. The smallest absolute Gasteiger partial charge is 0.407 e. The summed E-state index contributed by atoms with van der Waals surface area (Å²) in [5.74, 6) is -3.15. The van der Waals surface area contributed by atoms with Crippen LogP contribution in [0.1, 0.15) is 85.0 Å². The molecule has 1 fully saturated rings. The molecule has 0 saturated carbocycles. The number of nitrogens with zero attached hydrogens (tertiary/aromatic N) is 3. The van der Waals surface area contributed by atoms with Crippen LogP contribution in [0.2, 0.25) is 0 Å². The van der Waals surface area contributed by atoms with Gasteiger partial charge in [0.05, 0.1) is 30.3 Å². The van der Waals surface area contributed by atoms with Gasteiger partial charge in [0.2, 0.25) is 0 Å². The van der Waals surface area contributed by atoms with Crippen LogP contribution in [0.15, 0.2) is 78.0 Å². The molecule has 0 aliphatic carbocycles. The number of nitrogens with one attached hydrogen (secondary N) is 2. The Labute approximate surface area is 337 Å². The summed E-state index contributed by atoms with van der Waals surface area (Å²) in [7, 11) is 0. The number of benzene rings is 1. The highest BCUT2D eigenvalue weighted by molar-refractivity contribution is 5.94. The molecule has 316 valence electrons. The van der Waals surface area contributed by atoms with Crippen molar-refractivity contribution < 1.29 is 44.3 Å². The van der Waals surface area contributed by atoms with E-state index in [4.69, 9.17) is 15.0 Å². The van der Waals surface area contributed by atoms with Crippen molar-refractivity contribution in [3.8, 4) is 0 Å². The van der Waals surface area contributed by atoms with E-state index in [-0.39, 0.29) is 48.5 Å². The predicted octanol–water partition coefficient (Wildman–Crippen LogP) is 6.69. The molecule has 0 aromatic heterocycles. The molecule has 14 nitrogen and oxygen atoms in total. The molecule has 1 aromatic carbocycles. The van der Waals surface area contributed by atoms with Crippen LogP contribution >= 0.6 is 0 Å². The number of carbonyl (C=O) groups is 3. The van der Waals surface area contributed by atoms with Crippen molar-refractivity contribution in [1.29, 1.82) is 0 Å². The van der Waals surface area contributed by atoms with Crippen molar-refractivity contribution in [3.05, 3.63) is 88.9 Å². The fourth-order valence-corrected chi connectivity index (χ4v) is 7.15. The molecule has 1 heterocycles. The first kappa shape index (κ1) is 48.7. The minimum Gasteiger partial charge on any atom is -0.462 e. The van der Waals surface area contributed by atoms with Gasteiger partial charge in [-0.15, -0.1) is 0 Å². The number of amides is 2. The minimum absolute atomic E-state index is 0.144. The Morgan fingerprint density at radius 3 is 2.26 bits per heavy atom. The molecule has 0 unspecified atom stereocenters. The van der Waals surface area contributed by atoms with Crippen molar-refractivity contribution in [3.63, 3.8) is 0 Å². The molecule has 1 aliphatic heterocycles. The van der Waals surface area contributed by atoms with Gasteiger partial charge in [-0.25, -0.2) is 4.79 Å². The van der Waals surface area contributed by atoms with Crippen molar-refractivity contribution >= 4 is 23.7 Å². The van der Waals surface area contributed by atoms with Crippen LogP contribution in [0.4, 0.5) is 10.5 Å². The maximum Gasteiger partial charge on any atom is 0.407 e. The molecule has 1 aliphatic rings. The van der Waals surface area contributed by atoms with Gasteiger partial charge >= 0.3 is 12.1 Å². The minimum atomic E-state index is -0.922. The third kappa shape index (κ3) is 15.8. The summed E-state index contributed by atoms with van der Waals surface area (Å²) in [5, 5.41) is 52.5. The topological polar surface area (TPSA) is 223 Å². The third-order valence-corrected chi connectivity index (χ3v) is 10.8. The van der Waals surface area contributed by atoms with Gasteiger partial charge < -0.3 is 40.5 Å². The monoisotopic (exact) mass is 795 g/mol. The van der Waals surface area contributed by atoms with Crippen LogP contribution in [0.5, 0.6) is 0 Å². The van der Waals surface area contributed by atoms with Crippen LogP contribution in [0.3, 0.4) is 0 Å². The maximum atomic E-state index is 12.9. The Morgan fingerprint density at radius 2 is 1.63 bits per heavy atom. The van der Waals surface area contributed by atoms with Crippen molar-refractivity contribution in [2.45, 2.75) is 111 Å². The second-order valence-corrected chi connectivity index (χ2v) is 15.7. The number of allylic oxidation sites excluding steroid dienone is 3. The molecule has 13 atom stereocenters. The van der Waals surface area contributed by atoms with E-state index in [0.717, 1.165) is 5.57 Å². The Balaban J connectivity index is 1.92. The zero-order valence-electron chi connectivity index (χ0n) is 34.7. The van der Waals surface area contributed by atoms with Gasteiger partial charge in [-0.2, -0.15) is 0 Å². The van der Waals surface area contributed by atoms with E-state index in [2.05, 4.69) is 27.2 Å². The predicted molar refractivity (Wildman–Crippen MR) is 220 cm³/mol. The summed E-state index contributed by atoms with van der Waals surface area (Å²) >= 11 is 0. The highest BCUT2D eigenvalue weighted by atomic mass is 16.6. The lowest BCUT2D eigenvalue weighted by atomic mass is 9.81. The summed E-state index contributed by atoms with van der Waals surface area (Å²) in [6.45, 7) is 19.1. The number of aliphatic hydroxyl groups is 4. The van der Waals surface area contributed by atoms with E-state index < -0.39 is 60.5 Å². The Kier molecular flexibility index (Phi) is 20.8. The SMILES string of the molecule is C=C/C=C\[C@H](C)[C@H](OC(=O)NCCCNC(=O)c1ccc(N=[N+]=[N-])cc1)[C@@H](C)[C@H](O)[C@@H](C)C/C(C)=C\[C@H](C)[C@@H](O)[C@@H](C)/C=C\[C@@H](O)C[C@@H]1OC(=O)[C@H](C)[C@@H](O)[C@H]1C. The summed E-state index contributed by atoms with van der Waals surface area (Å²) in [5.41, 5.74) is 10.3. The van der Waals surface area contributed by atoms with E-state index >= 15 is 0 Å². The van der Waals surface area contributed by atoms with Gasteiger partial charge in [0.1, 0.15) is 12.2 Å². The zero-order chi connectivity index (χ0) is 42.8. The molecule has 2 amide bonds. The van der Waals surface area contributed by atoms with Gasteiger partial charge in [-0.3, -0.25) is 9.59 Å². The molecule has 14 heteroatoms. The summed E-state index contributed by atoms with van der Waals surface area (Å²) in [4.78, 5) is 40.1. The molecular formula is C43H65N5O9. The number of azide groups is 1. The van der Waals surface area contributed by atoms with Crippen LogP contribution in [0.25, 0.3) is 10.4 Å². The quantitative estimate of drug-likeness (QED) is 0.0140. The molecule has 6 N–H and O–H groups in total. The molecule has 0 bridgehead atoms. The van der Waals surface area contributed by atoms with Gasteiger partial charge in [0, 0.05) is 65.3 Å². The van der Waals surface area contributed by atoms with Crippen LogP contribution < -0.4 is 10.6 Å². The van der Waals surface area contributed by atoms with Gasteiger partial charge in [0.15, 0.2) is 0 Å². The number of esters is 1. The molecule has 57 heavy (non-hydrogen) atoms. The lowest BCUT2D eigenvalue weighted by molar-refractivity contribution is -0.179. The highest BCUT2D eigenvalue weighted by Gasteiger charge is 2.41. The first-order valence-corrected chi connectivity index (χ1v) is 19.9. The Bertz CT molecular complexity index is 1590. The van der Waals surface area contributed by atoms with Crippen molar-refractivity contribution in [1.82, 2.24) is 10.6 Å². The summed E-state index contributed by atoms with van der Waals surface area (Å²) < 4.78 is 11.3. The number of aliphatic hydroxyl groups excluding tert-OH is 4. The van der Waals surface area contributed by atoms with Gasteiger partial charge in [-0.05, 0) is 50.3 Å². The zero-order valence-corrected chi connectivity index (χ0v) is 34.7. The third-order valence-electron chi connectivity index (χ3n) is 10.8. The van der Waals surface area contributed by atoms with E-state index in [1.165, 1.54) is 0 Å². The number of hydrogen-bond donors (Lipinski definition) is 6. The fraction of sp³-hybridized carbons (Fsp3) is 0.605. The molecular weight excluding hydrogens is 730 g/mol. The molecule has 0 radical (unpaired) electrons. The fourth-order valence-electron chi connectivity index (χ4n) is 7.15. The standard InChI is InChI=1S/C43H65N5O9/c1-10-11-13-27(4)40(57-43(55)46-21-12-20-45-41(53)33-15-17-34(18-16-33)47-48-44)31(8)38(51)29(6)23-25(2)22-28(5)37(50)26(3)14-19-35(49)24-36-30(7)39(52)32(9)42(54)56-36/h10-11,13-19,22,26-32,35-40,49-52H,1,12,20-21,23-24H2,2-9H3,(H,45,53)(H,46,55)/b13-11-,19-14-,25-22-/t26-,27-,28-,29-,30-,31-,32+,35+,36-,37-,38+,39-,40-/m0/s1. The average Bonchev–Trinajstić information content (AvgIpc) is 3.18. The summed E-state index contributed by atoms with van der Waals surface area (Å²) in [6, 6.07) is 6.21. The highest BCUT2D eigenvalue weighted by Crippen LogP contribution is 2.31.